The van der Waals surface area contributed by atoms with E-state index in [1.807, 2.05) is 13.0 Å². The molecule has 1 fully saturated rings. The first-order valence-electron chi connectivity index (χ1n) is 5.06. The van der Waals surface area contributed by atoms with Crippen LogP contribution in [0.1, 0.15) is 35.4 Å². The average Bonchev–Trinajstić information content (AvgIpc) is 2.72. The van der Waals surface area contributed by atoms with Gasteiger partial charge in [-0.15, -0.1) is 11.3 Å². The number of carbonyl (C=O) groups is 1. The molecule has 1 aliphatic carbocycles. The molecule has 2 nitrogen and oxygen atoms in total. The minimum atomic E-state index is -0.719. The Labute approximate surface area is 97.9 Å². The fraction of sp³-hybridized carbons (Fsp3) is 0.545. The van der Waals surface area contributed by atoms with E-state index in [9.17, 15) is 9.90 Å². The first-order chi connectivity index (χ1) is 7.06. The molecule has 1 saturated carbocycles. The van der Waals surface area contributed by atoms with Crippen molar-refractivity contribution in [2.45, 2.75) is 38.0 Å². The van der Waals surface area contributed by atoms with Gasteiger partial charge in [0.05, 0.1) is 5.02 Å². The Morgan fingerprint density at radius 2 is 2.13 bits per heavy atom. The molecule has 0 aliphatic heterocycles. The van der Waals surface area contributed by atoms with E-state index in [0.29, 0.717) is 5.02 Å². The SMILES string of the molecule is Cc1cc(Cl)c(C2(C(=O)O)CCCC2)s1. The third-order valence-electron chi connectivity index (χ3n) is 3.11. The molecule has 0 saturated heterocycles. The van der Waals surface area contributed by atoms with Gasteiger partial charge in [0.1, 0.15) is 5.41 Å². The van der Waals surface area contributed by atoms with Crippen molar-refractivity contribution in [1.82, 2.24) is 0 Å². The van der Waals surface area contributed by atoms with Gasteiger partial charge in [0.25, 0.3) is 0 Å². The van der Waals surface area contributed by atoms with Gasteiger partial charge in [0.15, 0.2) is 0 Å². The highest BCUT2D eigenvalue weighted by molar-refractivity contribution is 7.12. The summed E-state index contributed by atoms with van der Waals surface area (Å²) < 4.78 is 0. The summed E-state index contributed by atoms with van der Waals surface area (Å²) in [6, 6.07) is 1.87. The van der Waals surface area contributed by atoms with Gasteiger partial charge in [0, 0.05) is 9.75 Å². The van der Waals surface area contributed by atoms with Gasteiger partial charge in [-0.3, -0.25) is 4.79 Å². The Balaban J connectivity index is 2.49. The molecule has 1 N–H and O–H groups in total. The van der Waals surface area contributed by atoms with Crippen LogP contribution in [0.2, 0.25) is 5.02 Å². The maximum Gasteiger partial charge on any atom is 0.315 e. The zero-order valence-electron chi connectivity index (χ0n) is 8.55. The molecule has 2 rings (SSSR count). The summed E-state index contributed by atoms with van der Waals surface area (Å²) in [7, 11) is 0. The molecule has 1 aromatic rings. The molecule has 1 aromatic heterocycles. The van der Waals surface area contributed by atoms with Crippen LogP contribution in [-0.2, 0) is 10.2 Å². The van der Waals surface area contributed by atoms with E-state index in [2.05, 4.69) is 0 Å². The second-order valence-corrected chi connectivity index (χ2v) is 5.79. The number of hydrogen-bond donors (Lipinski definition) is 1. The van der Waals surface area contributed by atoms with E-state index < -0.39 is 11.4 Å². The molecule has 0 aromatic carbocycles. The van der Waals surface area contributed by atoms with Crippen molar-refractivity contribution in [2.75, 3.05) is 0 Å². The Morgan fingerprint density at radius 1 is 1.53 bits per heavy atom. The zero-order chi connectivity index (χ0) is 11.1. The lowest BCUT2D eigenvalue weighted by Crippen LogP contribution is -2.31. The number of carboxylic acids is 1. The zero-order valence-corrected chi connectivity index (χ0v) is 10.1. The van der Waals surface area contributed by atoms with Gasteiger partial charge >= 0.3 is 5.97 Å². The van der Waals surface area contributed by atoms with Gasteiger partial charge in [0.2, 0.25) is 0 Å². The highest BCUT2D eigenvalue weighted by Gasteiger charge is 2.45. The van der Waals surface area contributed by atoms with E-state index >= 15 is 0 Å². The van der Waals surface area contributed by atoms with Crippen LogP contribution < -0.4 is 0 Å². The Hall–Kier alpha value is -0.540. The Morgan fingerprint density at radius 3 is 2.53 bits per heavy atom. The first kappa shape index (κ1) is 11.0. The lowest BCUT2D eigenvalue weighted by Gasteiger charge is -2.22. The van der Waals surface area contributed by atoms with Gasteiger partial charge < -0.3 is 5.11 Å². The summed E-state index contributed by atoms with van der Waals surface area (Å²) in [5.74, 6) is -0.719. The molecule has 1 heterocycles. The molecule has 4 heteroatoms. The molecule has 1 aliphatic rings. The third kappa shape index (κ3) is 1.68. The van der Waals surface area contributed by atoms with Crippen LogP contribution in [0.4, 0.5) is 0 Å². The summed E-state index contributed by atoms with van der Waals surface area (Å²) >= 11 is 7.63. The molecular formula is C11H13ClO2S. The lowest BCUT2D eigenvalue weighted by atomic mass is 9.84. The predicted octanol–water partition coefficient (Wildman–Crippen LogP) is 3.61. The summed E-state index contributed by atoms with van der Waals surface area (Å²) in [6.45, 7) is 1.96. The minimum absolute atomic E-state index is 0.627. The number of aliphatic carboxylic acids is 1. The van der Waals surface area contributed by atoms with E-state index in [1.54, 1.807) is 0 Å². The fourth-order valence-electron chi connectivity index (χ4n) is 2.33. The van der Waals surface area contributed by atoms with Crippen molar-refractivity contribution in [3.8, 4) is 0 Å². The van der Waals surface area contributed by atoms with Crippen LogP contribution in [0.3, 0.4) is 0 Å². The lowest BCUT2D eigenvalue weighted by molar-refractivity contribution is -0.143. The van der Waals surface area contributed by atoms with Gasteiger partial charge in [-0.05, 0) is 25.8 Å². The number of thiophene rings is 1. The first-order valence-corrected chi connectivity index (χ1v) is 6.25. The van der Waals surface area contributed by atoms with Gasteiger partial charge in [-0.25, -0.2) is 0 Å². The Bertz CT molecular complexity index is 391. The topological polar surface area (TPSA) is 37.3 Å². The smallest absolute Gasteiger partial charge is 0.315 e. The van der Waals surface area contributed by atoms with Crippen molar-refractivity contribution in [3.63, 3.8) is 0 Å². The summed E-state index contributed by atoms with van der Waals surface area (Å²) in [6.07, 6.45) is 3.42. The highest BCUT2D eigenvalue weighted by atomic mass is 35.5. The molecular weight excluding hydrogens is 232 g/mol. The fourth-order valence-corrected chi connectivity index (χ4v) is 3.99. The summed E-state index contributed by atoms with van der Waals surface area (Å²) in [5, 5.41) is 10.0. The van der Waals surface area contributed by atoms with Crippen LogP contribution in [0, 0.1) is 6.92 Å². The van der Waals surface area contributed by atoms with E-state index in [0.717, 1.165) is 35.4 Å². The maximum absolute atomic E-state index is 11.4. The van der Waals surface area contributed by atoms with Crippen molar-refractivity contribution in [3.05, 3.63) is 20.8 Å². The molecule has 82 valence electrons. The molecule has 0 unspecified atom stereocenters. The molecule has 0 radical (unpaired) electrons. The molecule has 15 heavy (non-hydrogen) atoms. The highest BCUT2D eigenvalue weighted by Crippen LogP contribution is 2.47. The van der Waals surface area contributed by atoms with Gasteiger partial charge in [-0.1, -0.05) is 24.4 Å². The second-order valence-electron chi connectivity index (χ2n) is 4.13. The summed E-state index contributed by atoms with van der Waals surface area (Å²) in [5.41, 5.74) is -0.698. The van der Waals surface area contributed by atoms with E-state index in [1.165, 1.54) is 11.3 Å². The standard InChI is InChI=1S/C11H13ClO2S/c1-7-6-8(12)9(15-7)11(10(13)14)4-2-3-5-11/h6H,2-5H2,1H3,(H,13,14). The van der Waals surface area contributed by atoms with Crippen LogP contribution in [0.5, 0.6) is 0 Å². The number of hydrogen-bond acceptors (Lipinski definition) is 2. The van der Waals surface area contributed by atoms with E-state index in [-0.39, 0.29) is 0 Å². The van der Waals surface area contributed by atoms with Crippen LogP contribution in [-0.4, -0.2) is 11.1 Å². The van der Waals surface area contributed by atoms with Crippen molar-refractivity contribution in [2.24, 2.45) is 0 Å². The number of rotatable bonds is 2. The van der Waals surface area contributed by atoms with E-state index in [4.69, 9.17) is 11.6 Å². The molecule has 0 atom stereocenters. The van der Waals surface area contributed by atoms with Crippen LogP contribution in [0.15, 0.2) is 6.07 Å². The van der Waals surface area contributed by atoms with Crippen molar-refractivity contribution < 1.29 is 9.90 Å². The monoisotopic (exact) mass is 244 g/mol. The van der Waals surface area contributed by atoms with Gasteiger partial charge in [-0.2, -0.15) is 0 Å². The minimum Gasteiger partial charge on any atom is -0.481 e. The normalized spacial score (nSPS) is 19.3. The van der Waals surface area contributed by atoms with Crippen molar-refractivity contribution in [1.29, 1.82) is 0 Å². The maximum atomic E-state index is 11.4. The third-order valence-corrected chi connectivity index (χ3v) is 4.78. The Kier molecular flexibility index (Phi) is 2.77. The van der Waals surface area contributed by atoms with Crippen molar-refractivity contribution >= 4 is 28.9 Å². The summed E-state index contributed by atoms with van der Waals surface area (Å²) in [4.78, 5) is 13.4. The quantitative estimate of drug-likeness (QED) is 0.863. The van der Waals surface area contributed by atoms with Crippen LogP contribution in [0.25, 0.3) is 0 Å². The molecule has 0 amide bonds. The number of carboxylic acid groups (broad SMARTS) is 1. The average molecular weight is 245 g/mol. The largest absolute Gasteiger partial charge is 0.481 e. The number of aryl methyl sites for hydroxylation is 1. The molecule has 0 bridgehead atoms. The molecule has 0 spiro atoms. The predicted molar refractivity (Wildman–Crippen MR) is 61.8 cm³/mol. The second kappa shape index (κ2) is 3.80. The number of halogens is 1. The van der Waals surface area contributed by atoms with Crippen LogP contribution >= 0.6 is 22.9 Å².